The van der Waals surface area contributed by atoms with Crippen LogP contribution in [-0.4, -0.2) is 78.6 Å². The van der Waals surface area contributed by atoms with Crippen LogP contribution in [0.5, 0.6) is 0 Å². The Labute approximate surface area is 173 Å². The van der Waals surface area contributed by atoms with E-state index in [1.54, 1.807) is 0 Å². The van der Waals surface area contributed by atoms with Gasteiger partial charge in [0.15, 0.2) is 0 Å². The first-order chi connectivity index (χ1) is 13.9. The summed E-state index contributed by atoms with van der Waals surface area (Å²) < 4.78 is 0. The van der Waals surface area contributed by atoms with Gasteiger partial charge in [0.25, 0.3) is 0 Å². The monoisotopic (exact) mass is 395 g/mol. The second-order valence-electron chi connectivity index (χ2n) is 8.58. The molecule has 0 saturated heterocycles. The maximum absolute atomic E-state index is 12.7. The van der Waals surface area contributed by atoms with Gasteiger partial charge >= 0.3 is 6.03 Å². The lowest BCUT2D eigenvalue weighted by atomic mass is 9.79. The minimum atomic E-state index is 0.0160. The minimum Gasteiger partial charge on any atom is -0.361 e. The molecule has 1 aliphatic heterocycles. The second kappa shape index (κ2) is 7.84. The third kappa shape index (κ3) is 3.55. The van der Waals surface area contributed by atoms with E-state index in [2.05, 4.69) is 65.6 Å². The SMILES string of the molecule is CCN(CC)C(=O)N[C@H]1C=C2c3c(CN(C)C)ccc4[nH]cc(c34)C[C@H]2N(C)C1. The first-order valence-corrected chi connectivity index (χ1v) is 10.7. The number of rotatable bonds is 5. The lowest BCUT2D eigenvalue weighted by molar-refractivity contribution is 0.193. The molecular formula is C23H33N5O. The number of likely N-dealkylation sites (N-methyl/N-ethyl adjacent to an activating group) is 1. The van der Waals surface area contributed by atoms with Gasteiger partial charge in [-0.15, -0.1) is 0 Å². The van der Waals surface area contributed by atoms with E-state index < -0.39 is 0 Å². The predicted octanol–water partition coefficient (Wildman–Crippen LogP) is 2.90. The maximum atomic E-state index is 12.7. The first kappa shape index (κ1) is 20.0. The van der Waals surface area contributed by atoms with E-state index >= 15 is 0 Å². The Morgan fingerprint density at radius 3 is 2.72 bits per heavy atom. The Morgan fingerprint density at radius 2 is 2.03 bits per heavy atom. The molecule has 6 heteroatoms. The Kier molecular flexibility index (Phi) is 5.40. The van der Waals surface area contributed by atoms with Gasteiger partial charge in [0.05, 0.1) is 6.04 Å². The lowest BCUT2D eigenvalue weighted by Gasteiger charge is -2.41. The molecular weight excluding hydrogens is 362 g/mol. The molecule has 0 radical (unpaired) electrons. The summed E-state index contributed by atoms with van der Waals surface area (Å²) in [6.45, 7) is 7.23. The van der Waals surface area contributed by atoms with Crippen LogP contribution in [0.4, 0.5) is 4.79 Å². The summed E-state index contributed by atoms with van der Waals surface area (Å²) in [4.78, 5) is 22.6. The van der Waals surface area contributed by atoms with Crippen LogP contribution in [0.15, 0.2) is 24.4 Å². The number of hydrogen-bond donors (Lipinski definition) is 2. The van der Waals surface area contributed by atoms with Crippen molar-refractivity contribution in [3.05, 3.63) is 41.1 Å². The smallest absolute Gasteiger partial charge is 0.317 e. The number of H-pyrrole nitrogens is 1. The van der Waals surface area contributed by atoms with E-state index in [0.717, 1.165) is 32.6 Å². The highest BCUT2D eigenvalue weighted by molar-refractivity contribution is 5.99. The van der Waals surface area contributed by atoms with Crippen molar-refractivity contribution in [2.45, 2.75) is 38.9 Å². The van der Waals surface area contributed by atoms with E-state index in [-0.39, 0.29) is 12.1 Å². The Balaban J connectivity index is 1.77. The fraction of sp³-hybridized carbons (Fsp3) is 0.522. The molecule has 29 heavy (non-hydrogen) atoms. The molecule has 2 N–H and O–H groups in total. The number of carbonyl (C=O) groups excluding carboxylic acids is 1. The van der Waals surface area contributed by atoms with Gasteiger partial charge in [-0.3, -0.25) is 4.90 Å². The van der Waals surface area contributed by atoms with Crippen LogP contribution < -0.4 is 5.32 Å². The summed E-state index contributed by atoms with van der Waals surface area (Å²) >= 11 is 0. The zero-order valence-corrected chi connectivity index (χ0v) is 18.2. The standard InChI is InChI=1S/C23H33N5O/c1-6-28(7-2)23(29)25-17-11-18-20(27(5)14-17)10-16-12-24-19-9-8-15(13-26(3)4)21(18)22(16)19/h8-9,11-12,17,20,24H,6-7,10,13-14H2,1-5H3,(H,25,29)/t17-,20+/m0/s1. The summed E-state index contributed by atoms with van der Waals surface area (Å²) in [5, 5.41) is 4.60. The average molecular weight is 396 g/mol. The van der Waals surface area contributed by atoms with Crippen molar-refractivity contribution in [1.82, 2.24) is 25.0 Å². The van der Waals surface area contributed by atoms with Crippen molar-refractivity contribution in [2.75, 3.05) is 40.8 Å². The van der Waals surface area contributed by atoms with Crippen LogP contribution in [0.25, 0.3) is 16.5 Å². The fourth-order valence-electron chi connectivity index (χ4n) is 4.93. The van der Waals surface area contributed by atoms with Gasteiger partial charge < -0.3 is 20.1 Å². The third-order valence-electron chi connectivity index (χ3n) is 6.32. The van der Waals surface area contributed by atoms with E-state index in [9.17, 15) is 4.79 Å². The van der Waals surface area contributed by atoms with Crippen LogP contribution in [0.3, 0.4) is 0 Å². The lowest BCUT2D eigenvalue weighted by Crippen LogP contribution is -2.52. The third-order valence-corrected chi connectivity index (χ3v) is 6.32. The zero-order chi connectivity index (χ0) is 20.7. The van der Waals surface area contributed by atoms with Crippen LogP contribution in [-0.2, 0) is 13.0 Å². The number of nitrogens with zero attached hydrogens (tertiary/aromatic N) is 3. The van der Waals surface area contributed by atoms with E-state index in [1.807, 2.05) is 18.7 Å². The predicted molar refractivity (Wildman–Crippen MR) is 119 cm³/mol. The van der Waals surface area contributed by atoms with Crippen molar-refractivity contribution in [3.63, 3.8) is 0 Å². The highest BCUT2D eigenvalue weighted by Crippen LogP contribution is 2.42. The Morgan fingerprint density at radius 1 is 1.28 bits per heavy atom. The van der Waals surface area contributed by atoms with Gasteiger partial charge in [-0.1, -0.05) is 12.1 Å². The molecule has 1 aliphatic carbocycles. The Hall–Kier alpha value is -2.31. The minimum absolute atomic E-state index is 0.0160. The fourth-order valence-corrected chi connectivity index (χ4v) is 4.93. The highest BCUT2D eigenvalue weighted by atomic mass is 16.2. The van der Waals surface area contributed by atoms with Crippen molar-refractivity contribution < 1.29 is 4.79 Å². The van der Waals surface area contributed by atoms with Crippen LogP contribution in [0.2, 0.25) is 0 Å². The average Bonchev–Trinajstić information content (AvgIpc) is 3.08. The number of amides is 2. The first-order valence-electron chi connectivity index (χ1n) is 10.7. The van der Waals surface area contributed by atoms with Gasteiger partial charge in [0.2, 0.25) is 0 Å². The van der Waals surface area contributed by atoms with Crippen LogP contribution >= 0.6 is 0 Å². The molecule has 0 saturated carbocycles. The van der Waals surface area contributed by atoms with Crippen molar-refractivity contribution in [1.29, 1.82) is 0 Å². The molecule has 2 atom stereocenters. The molecule has 156 valence electrons. The number of nitrogens with one attached hydrogen (secondary N) is 2. The number of urea groups is 1. The molecule has 0 fully saturated rings. The number of aromatic amines is 1. The summed E-state index contributed by atoms with van der Waals surface area (Å²) in [7, 11) is 6.41. The summed E-state index contributed by atoms with van der Waals surface area (Å²) in [6, 6.07) is 4.84. The molecule has 1 aromatic carbocycles. The van der Waals surface area contributed by atoms with E-state index in [4.69, 9.17) is 0 Å². The van der Waals surface area contributed by atoms with Crippen molar-refractivity contribution in [2.24, 2.45) is 0 Å². The largest absolute Gasteiger partial charge is 0.361 e. The molecule has 4 rings (SSSR count). The molecule has 0 bridgehead atoms. The molecule has 2 heterocycles. The van der Waals surface area contributed by atoms with Crippen molar-refractivity contribution >= 4 is 22.5 Å². The molecule has 0 unspecified atom stereocenters. The van der Waals surface area contributed by atoms with Gasteiger partial charge in [-0.25, -0.2) is 4.79 Å². The van der Waals surface area contributed by atoms with Gasteiger partial charge in [-0.2, -0.15) is 0 Å². The number of aromatic nitrogens is 1. The van der Waals surface area contributed by atoms with Crippen molar-refractivity contribution in [3.8, 4) is 0 Å². The van der Waals surface area contributed by atoms with Gasteiger partial charge in [-0.05, 0) is 69.7 Å². The highest BCUT2D eigenvalue weighted by Gasteiger charge is 2.35. The number of benzene rings is 1. The van der Waals surface area contributed by atoms with E-state index in [0.29, 0.717) is 6.04 Å². The molecule has 2 aromatic rings. The molecule has 0 spiro atoms. The second-order valence-corrected chi connectivity index (χ2v) is 8.58. The molecule has 2 aliphatic rings. The molecule has 2 amide bonds. The molecule has 1 aromatic heterocycles. The van der Waals surface area contributed by atoms with Gasteiger partial charge in [0, 0.05) is 49.3 Å². The Bertz CT molecular complexity index is 940. The van der Waals surface area contributed by atoms with E-state index in [1.165, 1.54) is 33.2 Å². The molecule has 6 nitrogen and oxygen atoms in total. The number of hydrogen-bond acceptors (Lipinski definition) is 3. The van der Waals surface area contributed by atoms with Crippen LogP contribution in [0.1, 0.15) is 30.5 Å². The zero-order valence-electron chi connectivity index (χ0n) is 18.2. The maximum Gasteiger partial charge on any atom is 0.317 e. The number of fused-ring (bicyclic) bond motifs is 2. The summed E-state index contributed by atoms with van der Waals surface area (Å²) in [6.07, 6.45) is 5.50. The topological polar surface area (TPSA) is 54.6 Å². The summed E-state index contributed by atoms with van der Waals surface area (Å²) in [5.74, 6) is 0. The quantitative estimate of drug-likeness (QED) is 0.819. The van der Waals surface area contributed by atoms with Gasteiger partial charge in [0.1, 0.15) is 0 Å². The van der Waals surface area contributed by atoms with Crippen LogP contribution in [0, 0.1) is 0 Å². The normalized spacial score (nSPS) is 21.2. The summed E-state index contributed by atoms with van der Waals surface area (Å²) in [5.41, 5.74) is 6.67. The number of carbonyl (C=O) groups is 1.